The largest absolute Gasteiger partial charge is 0.329 e. The van der Waals surface area contributed by atoms with E-state index in [1.54, 1.807) is 0 Å². The summed E-state index contributed by atoms with van der Waals surface area (Å²) in [5, 5.41) is 0. The quantitative estimate of drug-likeness (QED) is 0.601. The summed E-state index contributed by atoms with van der Waals surface area (Å²) in [6.07, 6.45) is 2.50. The van der Waals surface area contributed by atoms with Gasteiger partial charge in [0.05, 0.1) is 0 Å². The Balaban J connectivity index is 4.05. The van der Waals surface area contributed by atoms with Gasteiger partial charge < -0.3 is 5.73 Å². The summed E-state index contributed by atoms with van der Waals surface area (Å²) in [6, 6.07) is 0.582. The van der Waals surface area contributed by atoms with Crippen molar-refractivity contribution in [3.63, 3.8) is 0 Å². The van der Waals surface area contributed by atoms with E-state index in [2.05, 4.69) is 32.6 Å². The Morgan fingerprint density at radius 1 is 1.25 bits per heavy atom. The first kappa shape index (κ1) is 16.3. The Morgan fingerprint density at radius 2 is 1.94 bits per heavy atom. The van der Waals surface area contributed by atoms with Gasteiger partial charge in [-0.05, 0) is 30.4 Å². The molecule has 2 unspecified atom stereocenters. The average molecular weight is 246 g/mol. The molecule has 0 aliphatic rings. The topological polar surface area (TPSA) is 29.3 Å². The van der Waals surface area contributed by atoms with Crippen LogP contribution in [-0.4, -0.2) is 42.1 Å². The monoisotopic (exact) mass is 246 g/mol. The van der Waals surface area contributed by atoms with Crippen molar-refractivity contribution in [2.24, 2.45) is 11.7 Å². The first-order valence-corrected chi connectivity index (χ1v) is 7.86. The van der Waals surface area contributed by atoms with Crippen molar-refractivity contribution in [3.05, 3.63) is 0 Å². The summed E-state index contributed by atoms with van der Waals surface area (Å²) in [5.74, 6) is 3.25. The lowest BCUT2D eigenvalue weighted by atomic mass is 10.1. The van der Waals surface area contributed by atoms with E-state index in [0.29, 0.717) is 6.04 Å². The van der Waals surface area contributed by atoms with Crippen LogP contribution < -0.4 is 5.73 Å². The minimum Gasteiger partial charge on any atom is -0.329 e. The van der Waals surface area contributed by atoms with Crippen LogP contribution in [-0.2, 0) is 0 Å². The number of nitrogens with zero attached hydrogens (tertiary/aromatic N) is 1. The van der Waals surface area contributed by atoms with E-state index in [1.807, 2.05) is 11.8 Å². The third-order valence-corrected chi connectivity index (χ3v) is 4.17. The number of likely N-dealkylation sites (N-methyl/N-ethyl adjacent to an activating group) is 1. The lowest BCUT2D eigenvalue weighted by molar-refractivity contribution is 0.178. The zero-order valence-electron chi connectivity index (χ0n) is 11.5. The molecule has 0 rings (SSSR count). The van der Waals surface area contributed by atoms with Crippen molar-refractivity contribution in [1.29, 1.82) is 0 Å². The predicted octanol–water partition coefficient (Wildman–Crippen LogP) is 2.82. The molecule has 0 radical (unpaired) electrons. The second-order valence-electron chi connectivity index (χ2n) is 4.48. The zero-order valence-corrected chi connectivity index (χ0v) is 12.4. The predicted molar refractivity (Wildman–Crippen MR) is 77.2 cm³/mol. The average Bonchev–Trinajstić information content (AvgIpc) is 2.32. The van der Waals surface area contributed by atoms with Crippen molar-refractivity contribution in [2.75, 3.05) is 31.1 Å². The molecule has 0 aliphatic carbocycles. The maximum atomic E-state index is 5.90. The number of thioether (sulfide) groups is 1. The molecule has 2 N–H and O–H groups in total. The van der Waals surface area contributed by atoms with Crippen molar-refractivity contribution in [1.82, 2.24) is 4.90 Å². The lowest BCUT2D eigenvalue weighted by Gasteiger charge is -2.31. The van der Waals surface area contributed by atoms with Gasteiger partial charge in [-0.25, -0.2) is 0 Å². The SMILES string of the molecule is CCSCCC(CN)N(CC)CC(C)CC. The molecule has 0 saturated heterocycles. The Morgan fingerprint density at radius 3 is 2.38 bits per heavy atom. The lowest BCUT2D eigenvalue weighted by Crippen LogP contribution is -2.43. The number of hydrogen-bond donors (Lipinski definition) is 1. The highest BCUT2D eigenvalue weighted by Crippen LogP contribution is 2.12. The third-order valence-electron chi connectivity index (χ3n) is 3.24. The summed E-state index contributed by atoms with van der Waals surface area (Å²) in [7, 11) is 0. The van der Waals surface area contributed by atoms with E-state index in [-0.39, 0.29) is 0 Å². The van der Waals surface area contributed by atoms with Crippen molar-refractivity contribution in [3.8, 4) is 0 Å². The molecule has 2 nitrogen and oxygen atoms in total. The van der Waals surface area contributed by atoms with Crippen molar-refractivity contribution < 1.29 is 0 Å². The molecule has 0 aliphatic heterocycles. The summed E-state index contributed by atoms with van der Waals surface area (Å²) in [6.45, 7) is 12.2. The molecule has 0 fully saturated rings. The molecule has 2 atom stereocenters. The van der Waals surface area contributed by atoms with E-state index in [1.165, 1.54) is 30.9 Å². The fraction of sp³-hybridized carbons (Fsp3) is 1.00. The summed E-state index contributed by atoms with van der Waals surface area (Å²) in [4.78, 5) is 2.56. The van der Waals surface area contributed by atoms with E-state index in [9.17, 15) is 0 Å². The molecule has 0 aromatic heterocycles. The maximum Gasteiger partial charge on any atom is 0.0226 e. The van der Waals surface area contributed by atoms with E-state index < -0.39 is 0 Å². The van der Waals surface area contributed by atoms with Gasteiger partial charge in [-0.2, -0.15) is 11.8 Å². The zero-order chi connectivity index (χ0) is 12.4. The van der Waals surface area contributed by atoms with Crippen LogP contribution in [0.25, 0.3) is 0 Å². The van der Waals surface area contributed by atoms with Gasteiger partial charge in [-0.3, -0.25) is 4.90 Å². The highest BCUT2D eigenvalue weighted by atomic mass is 32.2. The standard InChI is InChI=1S/C13H30N2S/c1-5-12(4)11-15(6-2)13(10-14)8-9-16-7-3/h12-13H,5-11,14H2,1-4H3. The maximum absolute atomic E-state index is 5.90. The van der Waals surface area contributed by atoms with Gasteiger partial charge in [-0.1, -0.05) is 34.1 Å². The molecular formula is C13H30N2S. The third kappa shape index (κ3) is 6.77. The number of nitrogens with two attached hydrogens (primary N) is 1. The second kappa shape index (κ2) is 10.4. The number of hydrogen-bond acceptors (Lipinski definition) is 3. The molecule has 0 amide bonds. The molecule has 0 spiro atoms. The molecule has 0 aromatic rings. The number of rotatable bonds is 10. The van der Waals surface area contributed by atoms with Crippen LogP contribution in [0.5, 0.6) is 0 Å². The highest BCUT2D eigenvalue weighted by Gasteiger charge is 2.16. The normalized spacial score (nSPS) is 15.4. The summed E-state index contributed by atoms with van der Waals surface area (Å²) < 4.78 is 0. The molecule has 16 heavy (non-hydrogen) atoms. The van der Waals surface area contributed by atoms with Gasteiger partial charge in [0.25, 0.3) is 0 Å². The van der Waals surface area contributed by atoms with Gasteiger partial charge in [0.2, 0.25) is 0 Å². The minimum absolute atomic E-state index is 0.582. The van der Waals surface area contributed by atoms with Crippen LogP contribution in [0.3, 0.4) is 0 Å². The van der Waals surface area contributed by atoms with Crippen LogP contribution in [0, 0.1) is 5.92 Å². The molecular weight excluding hydrogens is 216 g/mol. The van der Waals surface area contributed by atoms with Crippen LogP contribution in [0.15, 0.2) is 0 Å². The van der Waals surface area contributed by atoms with Gasteiger partial charge in [0.1, 0.15) is 0 Å². The van der Waals surface area contributed by atoms with Crippen LogP contribution in [0.2, 0.25) is 0 Å². The van der Waals surface area contributed by atoms with Gasteiger partial charge >= 0.3 is 0 Å². The van der Waals surface area contributed by atoms with E-state index >= 15 is 0 Å². The fourth-order valence-electron chi connectivity index (χ4n) is 1.88. The Bertz CT molecular complexity index is 153. The van der Waals surface area contributed by atoms with Crippen LogP contribution >= 0.6 is 11.8 Å². The van der Waals surface area contributed by atoms with Gasteiger partial charge in [0, 0.05) is 19.1 Å². The summed E-state index contributed by atoms with van der Waals surface area (Å²) >= 11 is 2.02. The Hall–Kier alpha value is 0.270. The van der Waals surface area contributed by atoms with Crippen LogP contribution in [0.4, 0.5) is 0 Å². The summed E-state index contributed by atoms with van der Waals surface area (Å²) in [5.41, 5.74) is 5.90. The van der Waals surface area contributed by atoms with Gasteiger partial charge in [0.15, 0.2) is 0 Å². The van der Waals surface area contributed by atoms with Crippen molar-refractivity contribution in [2.45, 2.75) is 46.6 Å². The molecule has 98 valence electrons. The minimum atomic E-state index is 0.582. The Labute approximate surface area is 106 Å². The van der Waals surface area contributed by atoms with E-state index in [4.69, 9.17) is 5.73 Å². The highest BCUT2D eigenvalue weighted by molar-refractivity contribution is 7.99. The van der Waals surface area contributed by atoms with Crippen LogP contribution in [0.1, 0.15) is 40.5 Å². The molecule has 0 saturated carbocycles. The first-order valence-electron chi connectivity index (χ1n) is 6.71. The molecule has 0 bridgehead atoms. The first-order chi connectivity index (χ1) is 7.69. The van der Waals surface area contributed by atoms with Crippen molar-refractivity contribution >= 4 is 11.8 Å². The molecule has 3 heteroatoms. The van der Waals surface area contributed by atoms with Gasteiger partial charge in [-0.15, -0.1) is 0 Å². The molecule has 0 aromatic carbocycles. The smallest absolute Gasteiger partial charge is 0.0226 e. The Kier molecular flexibility index (Phi) is 10.6. The second-order valence-corrected chi connectivity index (χ2v) is 5.87. The molecule has 0 heterocycles. The van der Waals surface area contributed by atoms with E-state index in [0.717, 1.165) is 19.0 Å². The fourth-order valence-corrected chi connectivity index (χ4v) is 2.61.